The SMILES string of the molecule is C[C@H](COc1cccc2ccccc12)C[NH+]1CC[NH+](C)CC1. The van der Waals surface area contributed by atoms with Gasteiger partial charge in [-0.25, -0.2) is 0 Å². The van der Waals surface area contributed by atoms with E-state index in [2.05, 4.69) is 56.4 Å². The molecule has 0 unspecified atom stereocenters. The molecule has 0 radical (unpaired) electrons. The van der Waals surface area contributed by atoms with Gasteiger partial charge in [-0.05, 0) is 11.5 Å². The van der Waals surface area contributed by atoms with Crippen LogP contribution in [0.1, 0.15) is 6.92 Å². The van der Waals surface area contributed by atoms with Gasteiger partial charge in [0.05, 0.1) is 20.2 Å². The van der Waals surface area contributed by atoms with Crippen molar-refractivity contribution in [2.75, 3.05) is 46.4 Å². The van der Waals surface area contributed by atoms with Gasteiger partial charge in [0.2, 0.25) is 0 Å². The van der Waals surface area contributed by atoms with Crippen LogP contribution in [0.25, 0.3) is 10.8 Å². The third-order valence-electron chi connectivity index (χ3n) is 4.72. The summed E-state index contributed by atoms with van der Waals surface area (Å²) in [5.41, 5.74) is 0. The van der Waals surface area contributed by atoms with Gasteiger partial charge in [0, 0.05) is 11.3 Å². The van der Waals surface area contributed by atoms with Crippen LogP contribution in [0.3, 0.4) is 0 Å². The van der Waals surface area contributed by atoms with E-state index in [0.29, 0.717) is 5.92 Å². The third-order valence-corrected chi connectivity index (χ3v) is 4.72. The molecule has 0 aliphatic carbocycles. The molecule has 1 atom stereocenters. The number of ether oxygens (including phenoxy) is 1. The molecule has 2 aromatic rings. The first-order chi connectivity index (χ1) is 10.7. The van der Waals surface area contributed by atoms with Crippen molar-refractivity contribution in [1.29, 1.82) is 0 Å². The van der Waals surface area contributed by atoms with Crippen molar-refractivity contribution in [2.45, 2.75) is 6.92 Å². The van der Waals surface area contributed by atoms with E-state index in [0.717, 1.165) is 12.4 Å². The van der Waals surface area contributed by atoms with Crippen molar-refractivity contribution in [2.24, 2.45) is 5.92 Å². The van der Waals surface area contributed by atoms with Crippen molar-refractivity contribution < 1.29 is 14.5 Å². The van der Waals surface area contributed by atoms with Crippen molar-refractivity contribution >= 4 is 10.8 Å². The van der Waals surface area contributed by atoms with E-state index in [1.807, 2.05) is 0 Å². The summed E-state index contributed by atoms with van der Waals surface area (Å²) in [5, 5.41) is 2.47. The predicted molar refractivity (Wildman–Crippen MR) is 90.8 cm³/mol. The molecule has 2 aromatic carbocycles. The number of fused-ring (bicyclic) bond motifs is 1. The Morgan fingerprint density at radius 1 is 1.00 bits per heavy atom. The Bertz CT molecular complexity index is 600. The maximum Gasteiger partial charge on any atom is 0.127 e. The van der Waals surface area contributed by atoms with Gasteiger partial charge in [-0.1, -0.05) is 43.3 Å². The summed E-state index contributed by atoms with van der Waals surface area (Å²) in [6.45, 7) is 9.52. The molecule has 3 nitrogen and oxygen atoms in total. The van der Waals surface area contributed by atoms with E-state index < -0.39 is 0 Å². The highest BCUT2D eigenvalue weighted by molar-refractivity contribution is 5.88. The molecule has 1 fully saturated rings. The third kappa shape index (κ3) is 3.79. The van der Waals surface area contributed by atoms with E-state index in [1.165, 1.54) is 43.5 Å². The molecule has 118 valence electrons. The maximum absolute atomic E-state index is 6.13. The van der Waals surface area contributed by atoms with Crippen LogP contribution in [-0.2, 0) is 0 Å². The zero-order valence-corrected chi connectivity index (χ0v) is 13.8. The molecule has 0 aromatic heterocycles. The Kier molecular flexibility index (Phi) is 4.96. The lowest BCUT2D eigenvalue weighted by molar-refractivity contribution is -1.00. The first-order valence-corrected chi connectivity index (χ1v) is 8.48. The molecule has 22 heavy (non-hydrogen) atoms. The highest BCUT2D eigenvalue weighted by Gasteiger charge is 2.22. The number of benzene rings is 2. The minimum Gasteiger partial charge on any atom is -0.492 e. The molecule has 2 N–H and O–H groups in total. The minimum atomic E-state index is 0.590. The van der Waals surface area contributed by atoms with E-state index in [-0.39, 0.29) is 0 Å². The molecule has 0 amide bonds. The van der Waals surface area contributed by atoms with Gasteiger partial charge in [-0.3, -0.25) is 0 Å². The number of piperazine rings is 1. The first-order valence-electron chi connectivity index (χ1n) is 8.48. The van der Waals surface area contributed by atoms with Crippen molar-refractivity contribution in [3.8, 4) is 5.75 Å². The average Bonchev–Trinajstić information content (AvgIpc) is 2.55. The zero-order chi connectivity index (χ0) is 15.4. The molecule has 1 saturated heterocycles. The number of rotatable bonds is 5. The van der Waals surface area contributed by atoms with Gasteiger partial charge in [0.1, 0.15) is 31.9 Å². The Morgan fingerprint density at radius 3 is 2.55 bits per heavy atom. The van der Waals surface area contributed by atoms with Crippen LogP contribution in [0, 0.1) is 5.92 Å². The quantitative estimate of drug-likeness (QED) is 0.811. The van der Waals surface area contributed by atoms with Crippen LogP contribution in [0.15, 0.2) is 42.5 Å². The fraction of sp³-hybridized carbons (Fsp3) is 0.474. The Balaban J connectivity index is 1.55. The van der Waals surface area contributed by atoms with Gasteiger partial charge in [-0.15, -0.1) is 0 Å². The van der Waals surface area contributed by atoms with Gasteiger partial charge >= 0.3 is 0 Å². The van der Waals surface area contributed by atoms with Crippen LogP contribution in [0.5, 0.6) is 5.75 Å². The molecule has 1 heterocycles. The number of nitrogens with one attached hydrogen (secondary N) is 2. The van der Waals surface area contributed by atoms with E-state index in [4.69, 9.17) is 4.74 Å². The maximum atomic E-state index is 6.13. The summed E-state index contributed by atoms with van der Waals surface area (Å²) < 4.78 is 6.13. The minimum absolute atomic E-state index is 0.590. The molecule has 3 rings (SSSR count). The summed E-state index contributed by atoms with van der Waals surface area (Å²) >= 11 is 0. The summed E-state index contributed by atoms with van der Waals surface area (Å²) in [6.07, 6.45) is 0. The van der Waals surface area contributed by atoms with E-state index >= 15 is 0 Å². The standard InChI is InChI=1S/C19H26N2O/c1-16(14-21-12-10-20(2)11-13-21)15-22-19-9-5-7-17-6-3-4-8-18(17)19/h3-9,16H,10-15H2,1-2H3/p+2/t16-/m0/s1. The Morgan fingerprint density at radius 2 is 1.73 bits per heavy atom. The summed E-state index contributed by atoms with van der Waals surface area (Å²) in [4.78, 5) is 3.41. The van der Waals surface area contributed by atoms with Crippen molar-refractivity contribution in [3.05, 3.63) is 42.5 Å². The molecular formula is C19H28N2O+2. The number of hydrogen-bond donors (Lipinski definition) is 2. The lowest BCUT2D eigenvalue weighted by atomic mass is 10.1. The van der Waals surface area contributed by atoms with Crippen molar-refractivity contribution in [3.63, 3.8) is 0 Å². The molecule has 0 saturated carbocycles. The number of quaternary nitrogens is 2. The van der Waals surface area contributed by atoms with Gasteiger partial charge in [0.25, 0.3) is 0 Å². The van der Waals surface area contributed by atoms with Gasteiger partial charge in [-0.2, -0.15) is 0 Å². The lowest BCUT2D eigenvalue weighted by Gasteiger charge is -2.29. The Hall–Kier alpha value is -1.58. The molecular weight excluding hydrogens is 272 g/mol. The highest BCUT2D eigenvalue weighted by Crippen LogP contribution is 2.25. The Labute approximate surface area is 133 Å². The fourth-order valence-corrected chi connectivity index (χ4v) is 3.34. The molecule has 1 aliphatic rings. The molecule has 3 heteroatoms. The van der Waals surface area contributed by atoms with E-state index in [1.54, 1.807) is 9.80 Å². The van der Waals surface area contributed by atoms with Crippen LogP contribution in [-0.4, -0.2) is 46.4 Å². The number of hydrogen-bond acceptors (Lipinski definition) is 1. The van der Waals surface area contributed by atoms with Crippen LogP contribution < -0.4 is 14.5 Å². The predicted octanol–water partition coefficient (Wildman–Crippen LogP) is 0.268. The number of likely N-dealkylation sites (N-methyl/N-ethyl adjacent to an activating group) is 1. The van der Waals surface area contributed by atoms with Crippen LogP contribution in [0.2, 0.25) is 0 Å². The highest BCUT2D eigenvalue weighted by atomic mass is 16.5. The van der Waals surface area contributed by atoms with E-state index in [9.17, 15) is 0 Å². The van der Waals surface area contributed by atoms with Crippen LogP contribution in [0.4, 0.5) is 0 Å². The first kappa shape index (κ1) is 15.3. The normalized spacial score (nSPS) is 23.4. The zero-order valence-electron chi connectivity index (χ0n) is 13.8. The van der Waals surface area contributed by atoms with Crippen LogP contribution >= 0.6 is 0 Å². The summed E-state index contributed by atoms with van der Waals surface area (Å²) in [6, 6.07) is 14.7. The summed E-state index contributed by atoms with van der Waals surface area (Å²) in [7, 11) is 2.30. The smallest absolute Gasteiger partial charge is 0.127 e. The lowest BCUT2D eigenvalue weighted by Crippen LogP contribution is -3.27. The monoisotopic (exact) mass is 300 g/mol. The second-order valence-electron chi connectivity index (χ2n) is 6.80. The largest absolute Gasteiger partial charge is 0.492 e. The van der Waals surface area contributed by atoms with Gasteiger partial charge in [0.15, 0.2) is 0 Å². The molecule has 0 spiro atoms. The second kappa shape index (κ2) is 7.12. The molecule has 1 aliphatic heterocycles. The summed E-state index contributed by atoms with van der Waals surface area (Å²) in [5.74, 6) is 1.61. The van der Waals surface area contributed by atoms with Crippen molar-refractivity contribution in [1.82, 2.24) is 0 Å². The van der Waals surface area contributed by atoms with Gasteiger partial charge < -0.3 is 14.5 Å². The average molecular weight is 300 g/mol. The topological polar surface area (TPSA) is 18.1 Å². The fourth-order valence-electron chi connectivity index (χ4n) is 3.34. The molecule has 0 bridgehead atoms. The second-order valence-corrected chi connectivity index (χ2v) is 6.80.